The quantitative estimate of drug-likeness (QED) is 0.528. The Morgan fingerprint density at radius 1 is 0.878 bits per heavy atom. The second-order valence-electron chi connectivity index (χ2n) is 11.3. The average molecular weight is 562 g/mol. The van der Waals surface area contributed by atoms with Crippen molar-refractivity contribution in [3.05, 3.63) is 65.7 Å². The Kier molecular flexibility index (Phi) is 9.42. The SMILES string of the molecule is CC(C)CC1NC(=O)C(C)NC(=O)C(Cc2ccccc2)N(C)C(=O)C2CCCN2C(=O)c2ccccc2NC1=O. The molecular formula is C31H39N5O5. The van der Waals surface area contributed by atoms with Crippen molar-refractivity contribution in [2.24, 2.45) is 5.92 Å². The third kappa shape index (κ3) is 6.93. The van der Waals surface area contributed by atoms with Crippen LogP contribution < -0.4 is 16.0 Å². The first-order valence-corrected chi connectivity index (χ1v) is 14.2. The van der Waals surface area contributed by atoms with E-state index in [1.807, 2.05) is 44.2 Å². The molecule has 4 rings (SSSR count). The van der Waals surface area contributed by atoms with Crippen molar-refractivity contribution in [2.75, 3.05) is 18.9 Å². The molecule has 2 aromatic carbocycles. The molecule has 2 aliphatic heterocycles. The molecule has 5 amide bonds. The molecule has 0 spiro atoms. The van der Waals surface area contributed by atoms with Crippen LogP contribution in [0.5, 0.6) is 0 Å². The number of amides is 5. The van der Waals surface area contributed by atoms with Gasteiger partial charge in [0.05, 0.1) is 11.3 Å². The first kappa shape index (κ1) is 29.8. The van der Waals surface area contributed by atoms with E-state index in [0.717, 1.165) is 5.56 Å². The Hall–Kier alpha value is -4.21. The van der Waals surface area contributed by atoms with Gasteiger partial charge in [0.1, 0.15) is 24.2 Å². The van der Waals surface area contributed by atoms with Crippen molar-refractivity contribution in [1.29, 1.82) is 0 Å². The number of benzene rings is 2. The minimum atomic E-state index is -0.962. The first-order chi connectivity index (χ1) is 19.6. The van der Waals surface area contributed by atoms with E-state index in [-0.39, 0.29) is 29.7 Å². The highest BCUT2D eigenvalue weighted by Gasteiger charge is 2.40. The summed E-state index contributed by atoms with van der Waals surface area (Å²) in [6, 6.07) is 12.5. The van der Waals surface area contributed by atoms with Crippen LogP contribution in [0.25, 0.3) is 0 Å². The number of carbonyl (C=O) groups is 5. The lowest BCUT2D eigenvalue weighted by molar-refractivity contribution is -0.142. The molecule has 4 atom stereocenters. The van der Waals surface area contributed by atoms with Crippen LogP contribution in [0.3, 0.4) is 0 Å². The molecule has 10 heteroatoms. The summed E-state index contributed by atoms with van der Waals surface area (Å²) in [6.45, 7) is 5.81. The molecule has 2 aromatic rings. The average Bonchev–Trinajstić information content (AvgIpc) is 3.44. The molecule has 0 radical (unpaired) electrons. The van der Waals surface area contributed by atoms with E-state index in [1.54, 1.807) is 38.2 Å². The number of fused-ring (bicyclic) bond motifs is 2. The number of nitrogens with zero attached hydrogens (tertiary/aromatic N) is 2. The van der Waals surface area contributed by atoms with Crippen LogP contribution in [-0.2, 0) is 25.6 Å². The van der Waals surface area contributed by atoms with Gasteiger partial charge < -0.3 is 25.8 Å². The highest BCUT2D eigenvalue weighted by atomic mass is 16.2. The van der Waals surface area contributed by atoms with Crippen LogP contribution in [-0.4, -0.2) is 77.1 Å². The van der Waals surface area contributed by atoms with Crippen LogP contribution in [0, 0.1) is 5.92 Å². The number of para-hydroxylation sites is 1. The largest absolute Gasteiger partial charge is 0.343 e. The molecule has 0 saturated carbocycles. The van der Waals surface area contributed by atoms with Gasteiger partial charge >= 0.3 is 0 Å². The van der Waals surface area contributed by atoms with Crippen molar-refractivity contribution in [1.82, 2.24) is 20.4 Å². The monoisotopic (exact) mass is 561 g/mol. The lowest BCUT2D eigenvalue weighted by atomic mass is 10.0. The summed E-state index contributed by atoms with van der Waals surface area (Å²) in [7, 11) is 1.57. The number of hydrogen-bond donors (Lipinski definition) is 3. The smallest absolute Gasteiger partial charge is 0.256 e. The highest BCUT2D eigenvalue weighted by molar-refractivity contribution is 6.07. The number of likely N-dealkylation sites (N-methyl/N-ethyl adjacent to an activating group) is 1. The molecule has 2 heterocycles. The fourth-order valence-electron chi connectivity index (χ4n) is 5.43. The van der Waals surface area contributed by atoms with Gasteiger partial charge in [0, 0.05) is 20.0 Å². The van der Waals surface area contributed by atoms with E-state index in [0.29, 0.717) is 31.5 Å². The molecule has 3 N–H and O–H groups in total. The molecule has 0 aromatic heterocycles. The fraction of sp³-hybridized carbons (Fsp3) is 0.452. The predicted octanol–water partition coefficient (Wildman–Crippen LogP) is 2.35. The number of carbonyl (C=O) groups excluding carboxylic acids is 5. The minimum Gasteiger partial charge on any atom is -0.343 e. The topological polar surface area (TPSA) is 128 Å². The number of rotatable bonds is 4. The summed E-state index contributed by atoms with van der Waals surface area (Å²) in [6.07, 6.45) is 1.67. The summed E-state index contributed by atoms with van der Waals surface area (Å²) in [4.78, 5) is 70.8. The van der Waals surface area contributed by atoms with E-state index in [1.165, 1.54) is 9.80 Å². The Bertz CT molecular complexity index is 1300. The maximum Gasteiger partial charge on any atom is 0.256 e. The Labute approximate surface area is 240 Å². The standard InChI is InChI=1S/C31H39N5O5/c1-19(2)17-24-28(38)33-23-14-9-8-13-22(23)30(40)36-16-10-15-25(36)31(41)35(4)26(18-21-11-6-5-7-12-21)29(39)32-20(3)27(37)34-24/h5-9,11-14,19-20,24-26H,10,15-18H2,1-4H3,(H,32,39)(H,33,38)(H,34,37). The molecule has 0 bridgehead atoms. The molecule has 41 heavy (non-hydrogen) atoms. The van der Waals surface area contributed by atoms with Gasteiger partial charge in [-0.3, -0.25) is 24.0 Å². The molecule has 10 nitrogen and oxygen atoms in total. The lowest BCUT2D eigenvalue weighted by Gasteiger charge is -2.34. The van der Waals surface area contributed by atoms with Gasteiger partial charge in [-0.1, -0.05) is 56.3 Å². The summed E-state index contributed by atoms with van der Waals surface area (Å²) < 4.78 is 0. The van der Waals surface area contributed by atoms with Gasteiger partial charge in [-0.2, -0.15) is 0 Å². The van der Waals surface area contributed by atoms with Crippen molar-refractivity contribution >= 4 is 35.2 Å². The maximum atomic E-state index is 13.9. The van der Waals surface area contributed by atoms with Crippen LogP contribution >= 0.6 is 0 Å². The Balaban J connectivity index is 1.75. The molecule has 1 saturated heterocycles. The zero-order valence-electron chi connectivity index (χ0n) is 24.1. The minimum absolute atomic E-state index is 0.0821. The van der Waals surface area contributed by atoms with Crippen molar-refractivity contribution < 1.29 is 24.0 Å². The highest BCUT2D eigenvalue weighted by Crippen LogP contribution is 2.26. The second kappa shape index (κ2) is 13.0. The van der Waals surface area contributed by atoms with Crippen molar-refractivity contribution in [2.45, 2.75) is 70.6 Å². The lowest BCUT2D eigenvalue weighted by Crippen LogP contribution is -2.58. The number of nitrogens with one attached hydrogen (secondary N) is 3. The van der Waals surface area contributed by atoms with Gasteiger partial charge in [0.25, 0.3) is 5.91 Å². The van der Waals surface area contributed by atoms with E-state index >= 15 is 0 Å². The van der Waals surface area contributed by atoms with Crippen LogP contribution in [0.2, 0.25) is 0 Å². The van der Waals surface area contributed by atoms with Crippen molar-refractivity contribution in [3.63, 3.8) is 0 Å². The van der Waals surface area contributed by atoms with Gasteiger partial charge in [-0.25, -0.2) is 0 Å². The maximum absolute atomic E-state index is 13.9. The third-order valence-electron chi connectivity index (χ3n) is 7.70. The van der Waals surface area contributed by atoms with Crippen LogP contribution in [0.15, 0.2) is 54.6 Å². The fourth-order valence-corrected chi connectivity index (χ4v) is 5.43. The molecular weight excluding hydrogens is 522 g/mol. The zero-order chi connectivity index (χ0) is 29.7. The van der Waals surface area contributed by atoms with E-state index in [4.69, 9.17) is 0 Å². The van der Waals surface area contributed by atoms with E-state index < -0.39 is 41.9 Å². The van der Waals surface area contributed by atoms with E-state index in [9.17, 15) is 24.0 Å². The molecule has 1 fully saturated rings. The predicted molar refractivity (Wildman–Crippen MR) is 155 cm³/mol. The second-order valence-corrected chi connectivity index (χ2v) is 11.3. The summed E-state index contributed by atoms with van der Waals surface area (Å²) in [5, 5.41) is 8.34. The van der Waals surface area contributed by atoms with E-state index in [2.05, 4.69) is 16.0 Å². The summed E-state index contributed by atoms with van der Waals surface area (Å²) in [5.41, 5.74) is 1.42. The number of hydrogen-bond acceptors (Lipinski definition) is 5. The van der Waals surface area contributed by atoms with Crippen LogP contribution in [0.4, 0.5) is 5.69 Å². The zero-order valence-corrected chi connectivity index (χ0v) is 24.1. The summed E-state index contributed by atoms with van der Waals surface area (Å²) >= 11 is 0. The third-order valence-corrected chi connectivity index (χ3v) is 7.70. The van der Waals surface area contributed by atoms with Gasteiger partial charge in [-0.05, 0) is 49.8 Å². The van der Waals surface area contributed by atoms with Gasteiger partial charge in [-0.15, -0.1) is 0 Å². The number of anilines is 1. The van der Waals surface area contributed by atoms with Gasteiger partial charge in [0.15, 0.2) is 0 Å². The van der Waals surface area contributed by atoms with Crippen molar-refractivity contribution in [3.8, 4) is 0 Å². The van der Waals surface area contributed by atoms with Gasteiger partial charge in [0.2, 0.25) is 23.6 Å². The first-order valence-electron chi connectivity index (χ1n) is 14.2. The summed E-state index contributed by atoms with van der Waals surface area (Å²) in [5.74, 6) is -2.13. The Morgan fingerprint density at radius 3 is 2.27 bits per heavy atom. The van der Waals surface area contributed by atoms with Crippen LogP contribution in [0.1, 0.15) is 56.0 Å². The molecule has 0 aliphatic carbocycles. The molecule has 2 aliphatic rings. The Morgan fingerprint density at radius 2 is 1.56 bits per heavy atom. The molecule has 4 unspecified atom stereocenters. The molecule has 218 valence electrons. The normalized spacial score (nSPS) is 24.5.